The second kappa shape index (κ2) is 6.34. The van der Waals surface area contributed by atoms with Crippen molar-refractivity contribution in [1.29, 1.82) is 0 Å². The predicted molar refractivity (Wildman–Crippen MR) is 98.2 cm³/mol. The number of nitrogens with zero attached hydrogens (tertiary/aromatic N) is 3. The van der Waals surface area contributed by atoms with Gasteiger partial charge in [-0.05, 0) is 44.4 Å². The zero-order valence-electron chi connectivity index (χ0n) is 14.5. The van der Waals surface area contributed by atoms with Crippen LogP contribution >= 0.6 is 0 Å². The summed E-state index contributed by atoms with van der Waals surface area (Å²) in [6.07, 6.45) is 6.32. The number of aliphatic hydroxyl groups is 1. The Balaban J connectivity index is 1.79. The summed E-state index contributed by atoms with van der Waals surface area (Å²) in [7, 11) is 0. The number of hydrogen-bond donors (Lipinski definition) is 1. The lowest BCUT2D eigenvalue weighted by atomic mass is 10.0. The van der Waals surface area contributed by atoms with E-state index in [0.29, 0.717) is 5.92 Å². The van der Waals surface area contributed by atoms with Gasteiger partial charge in [-0.15, -0.1) is 5.92 Å². The molecule has 2 heterocycles. The first-order chi connectivity index (χ1) is 12.2. The Kier molecular flexibility index (Phi) is 4.03. The van der Waals surface area contributed by atoms with Crippen LogP contribution < -0.4 is 0 Å². The Morgan fingerprint density at radius 1 is 1.24 bits per heavy atom. The van der Waals surface area contributed by atoms with Gasteiger partial charge in [0.15, 0.2) is 0 Å². The number of pyridine rings is 1. The highest BCUT2D eigenvalue weighted by molar-refractivity contribution is 5.88. The SMILES string of the molecule is CC#Cc1ccc(CO)c2c1cnn2C(C)c1ccc(C2CC2)nc1. The predicted octanol–water partition coefficient (Wildman–Crippen LogP) is 3.78. The van der Waals surface area contributed by atoms with Crippen LogP contribution in [0.5, 0.6) is 0 Å². The molecule has 0 bridgehead atoms. The lowest BCUT2D eigenvalue weighted by Gasteiger charge is -2.16. The smallest absolute Gasteiger partial charge is 0.0762 e. The molecule has 0 radical (unpaired) electrons. The van der Waals surface area contributed by atoms with Gasteiger partial charge in [0, 0.05) is 34.3 Å². The van der Waals surface area contributed by atoms with E-state index in [-0.39, 0.29) is 12.6 Å². The fraction of sp³-hybridized carbons (Fsp3) is 0.333. The maximum atomic E-state index is 9.77. The van der Waals surface area contributed by atoms with Gasteiger partial charge in [-0.2, -0.15) is 5.10 Å². The molecule has 2 aromatic heterocycles. The van der Waals surface area contributed by atoms with Crippen molar-refractivity contribution in [3.05, 3.63) is 59.0 Å². The number of hydrogen-bond acceptors (Lipinski definition) is 3. The summed E-state index contributed by atoms with van der Waals surface area (Å²) >= 11 is 0. The minimum absolute atomic E-state index is 0.0202. The molecule has 25 heavy (non-hydrogen) atoms. The van der Waals surface area contributed by atoms with E-state index in [1.165, 1.54) is 18.5 Å². The molecule has 1 atom stereocenters. The summed E-state index contributed by atoms with van der Waals surface area (Å²) < 4.78 is 1.97. The molecule has 1 unspecified atom stereocenters. The van der Waals surface area contributed by atoms with Gasteiger partial charge in [0.2, 0.25) is 0 Å². The van der Waals surface area contributed by atoms with E-state index in [1.54, 1.807) is 0 Å². The van der Waals surface area contributed by atoms with E-state index in [1.807, 2.05) is 36.1 Å². The van der Waals surface area contributed by atoms with E-state index in [4.69, 9.17) is 0 Å². The first kappa shape index (κ1) is 15.9. The number of rotatable bonds is 4. The molecular formula is C21H21N3O. The van der Waals surface area contributed by atoms with Gasteiger partial charge in [0.25, 0.3) is 0 Å². The maximum absolute atomic E-state index is 9.77. The van der Waals surface area contributed by atoms with Crippen LogP contribution in [0.15, 0.2) is 36.7 Å². The number of fused-ring (bicyclic) bond motifs is 1. The number of aliphatic hydroxyl groups excluding tert-OH is 1. The summed E-state index contributed by atoms with van der Waals surface area (Å²) in [5.74, 6) is 6.73. The second-order valence-electron chi connectivity index (χ2n) is 6.62. The summed E-state index contributed by atoms with van der Waals surface area (Å²) in [6, 6.07) is 8.20. The molecule has 0 aliphatic heterocycles. The van der Waals surface area contributed by atoms with Gasteiger partial charge >= 0.3 is 0 Å². The van der Waals surface area contributed by atoms with Crippen LogP contribution in [0.4, 0.5) is 0 Å². The zero-order valence-corrected chi connectivity index (χ0v) is 14.5. The molecule has 1 fully saturated rings. The fourth-order valence-corrected chi connectivity index (χ4v) is 3.32. The van der Waals surface area contributed by atoms with Crippen LogP contribution in [-0.4, -0.2) is 19.9 Å². The van der Waals surface area contributed by atoms with Crippen molar-refractivity contribution in [3.63, 3.8) is 0 Å². The highest BCUT2D eigenvalue weighted by Gasteiger charge is 2.25. The molecule has 4 heteroatoms. The average Bonchev–Trinajstić information content (AvgIpc) is 3.40. The largest absolute Gasteiger partial charge is 0.392 e. The summed E-state index contributed by atoms with van der Waals surface area (Å²) in [6.45, 7) is 3.92. The van der Waals surface area contributed by atoms with Crippen LogP contribution in [0.25, 0.3) is 10.9 Å². The second-order valence-corrected chi connectivity index (χ2v) is 6.62. The molecule has 1 aliphatic rings. The van der Waals surface area contributed by atoms with Crippen LogP contribution in [0.1, 0.15) is 61.0 Å². The van der Waals surface area contributed by atoms with Gasteiger partial charge in [-0.1, -0.05) is 18.1 Å². The molecule has 4 rings (SSSR count). The monoisotopic (exact) mass is 331 g/mol. The van der Waals surface area contributed by atoms with Crippen molar-refractivity contribution in [2.24, 2.45) is 0 Å². The maximum Gasteiger partial charge on any atom is 0.0762 e. The average molecular weight is 331 g/mol. The Bertz CT molecular complexity index is 972. The van der Waals surface area contributed by atoms with Crippen molar-refractivity contribution in [2.45, 2.75) is 45.3 Å². The normalized spacial score (nSPS) is 15.0. The molecule has 0 amide bonds. The summed E-state index contributed by atoms with van der Waals surface area (Å²) in [5.41, 5.74) is 5.06. The lowest BCUT2D eigenvalue weighted by Crippen LogP contribution is -2.10. The summed E-state index contributed by atoms with van der Waals surface area (Å²) in [5, 5.41) is 15.4. The van der Waals surface area contributed by atoms with Gasteiger partial charge in [-0.3, -0.25) is 9.67 Å². The number of benzene rings is 1. The minimum Gasteiger partial charge on any atom is -0.392 e. The fourth-order valence-electron chi connectivity index (χ4n) is 3.32. The van der Waals surface area contributed by atoms with Crippen LogP contribution in [0.3, 0.4) is 0 Å². The van der Waals surface area contributed by atoms with Gasteiger partial charge in [-0.25, -0.2) is 0 Å². The third kappa shape index (κ3) is 2.81. The van der Waals surface area contributed by atoms with E-state index in [2.05, 4.69) is 41.0 Å². The Morgan fingerprint density at radius 2 is 2.08 bits per heavy atom. The van der Waals surface area contributed by atoms with Crippen molar-refractivity contribution in [2.75, 3.05) is 0 Å². The van der Waals surface area contributed by atoms with E-state index in [9.17, 15) is 5.11 Å². The first-order valence-corrected chi connectivity index (χ1v) is 8.71. The third-order valence-corrected chi connectivity index (χ3v) is 4.93. The molecule has 1 aromatic carbocycles. The lowest BCUT2D eigenvalue weighted by molar-refractivity contribution is 0.282. The van der Waals surface area contributed by atoms with Crippen LogP contribution in [0.2, 0.25) is 0 Å². The zero-order chi connectivity index (χ0) is 17.4. The third-order valence-electron chi connectivity index (χ3n) is 4.93. The van der Waals surface area contributed by atoms with Gasteiger partial charge in [0.05, 0.1) is 24.4 Å². The highest BCUT2D eigenvalue weighted by Crippen LogP contribution is 2.39. The van der Waals surface area contributed by atoms with Gasteiger partial charge < -0.3 is 5.11 Å². The van der Waals surface area contributed by atoms with E-state index < -0.39 is 0 Å². The molecule has 1 saturated carbocycles. The molecule has 0 saturated heterocycles. The molecule has 126 valence electrons. The molecule has 0 spiro atoms. The Labute approximate surface area is 147 Å². The van der Waals surface area contributed by atoms with Crippen molar-refractivity contribution >= 4 is 10.9 Å². The van der Waals surface area contributed by atoms with E-state index >= 15 is 0 Å². The van der Waals surface area contributed by atoms with Crippen molar-refractivity contribution in [1.82, 2.24) is 14.8 Å². The molecule has 1 N–H and O–H groups in total. The first-order valence-electron chi connectivity index (χ1n) is 8.71. The minimum atomic E-state index is -0.0202. The quantitative estimate of drug-likeness (QED) is 0.740. The topological polar surface area (TPSA) is 50.9 Å². The van der Waals surface area contributed by atoms with Crippen molar-refractivity contribution < 1.29 is 5.11 Å². The molecular weight excluding hydrogens is 310 g/mol. The van der Waals surface area contributed by atoms with E-state index in [0.717, 1.165) is 27.6 Å². The number of aromatic nitrogens is 3. The van der Waals surface area contributed by atoms with Crippen molar-refractivity contribution in [3.8, 4) is 11.8 Å². The molecule has 4 nitrogen and oxygen atoms in total. The Morgan fingerprint density at radius 3 is 2.72 bits per heavy atom. The molecule has 3 aromatic rings. The molecule has 1 aliphatic carbocycles. The van der Waals surface area contributed by atoms with Gasteiger partial charge in [0.1, 0.15) is 0 Å². The van der Waals surface area contributed by atoms with Crippen LogP contribution in [-0.2, 0) is 6.61 Å². The summed E-state index contributed by atoms with van der Waals surface area (Å²) in [4.78, 5) is 4.63. The van der Waals surface area contributed by atoms with Crippen LogP contribution in [0, 0.1) is 11.8 Å². The standard InChI is InChI=1S/C21H21N3O/c1-3-4-15-5-8-18(13-25)21-19(15)12-23-24(21)14(2)17-9-10-20(22-11-17)16-6-7-16/h5,8-12,14,16,25H,6-7,13H2,1-2H3. The highest BCUT2D eigenvalue weighted by atomic mass is 16.3. The Hall–Kier alpha value is -2.64.